The molecule has 44 heavy (non-hydrogen) atoms. The van der Waals surface area contributed by atoms with Gasteiger partial charge in [0.2, 0.25) is 0 Å². The predicted molar refractivity (Wildman–Crippen MR) is 153 cm³/mol. The standard InChI is InChI=1S/C27H23ClF3N9O4/c1-14(43-2)23-20(12-32-22-9-21(28)38-40(22)23)37-26(42)36-16-8-19(27(29,30)31)24(33-10-16)39-13-17(11-34-39)35-25(41)15-4-6-18(44-3)7-5-15/h4-14H,1-3H3,(H,35,41)(H2,36,37,42)/t14-/m0/s1. The van der Waals surface area contributed by atoms with Crippen LogP contribution in [0.5, 0.6) is 5.75 Å². The van der Waals surface area contributed by atoms with Crippen molar-refractivity contribution in [1.29, 1.82) is 0 Å². The van der Waals surface area contributed by atoms with Crippen LogP contribution in [0.1, 0.15) is 34.6 Å². The van der Waals surface area contributed by atoms with Crippen LogP contribution in [-0.2, 0) is 10.9 Å². The number of carbonyl (C=O) groups excluding carboxylic acids is 2. The summed E-state index contributed by atoms with van der Waals surface area (Å²) in [5, 5.41) is 15.7. The van der Waals surface area contributed by atoms with Crippen LogP contribution in [0, 0.1) is 0 Å². The molecule has 0 fully saturated rings. The van der Waals surface area contributed by atoms with Crippen molar-refractivity contribution in [2.75, 3.05) is 30.2 Å². The molecular weight excluding hydrogens is 607 g/mol. The molecule has 0 aliphatic rings. The van der Waals surface area contributed by atoms with Gasteiger partial charge in [-0.2, -0.15) is 23.4 Å². The quantitative estimate of drug-likeness (QED) is 0.201. The number of methoxy groups -OCH3 is 2. The largest absolute Gasteiger partial charge is 0.497 e. The zero-order valence-corrected chi connectivity index (χ0v) is 23.9. The van der Waals surface area contributed by atoms with Crippen LogP contribution < -0.4 is 20.7 Å². The van der Waals surface area contributed by atoms with Crippen LogP contribution in [0.2, 0.25) is 5.15 Å². The number of hydrogen-bond donors (Lipinski definition) is 3. The molecule has 0 aliphatic carbocycles. The minimum Gasteiger partial charge on any atom is -0.497 e. The molecule has 0 aliphatic heterocycles. The minimum atomic E-state index is -4.87. The van der Waals surface area contributed by atoms with E-state index in [0.29, 0.717) is 28.7 Å². The van der Waals surface area contributed by atoms with E-state index < -0.39 is 35.6 Å². The maximum Gasteiger partial charge on any atom is 0.420 e. The SMILES string of the molecule is COc1ccc(C(=O)Nc2cnn(-c3ncc(NC(=O)Nc4cnc5cc(Cl)nn5c4[C@H](C)OC)cc3C(F)(F)F)c2)cc1. The Hall–Kier alpha value is -5.22. The maximum atomic E-state index is 14.1. The van der Waals surface area contributed by atoms with Gasteiger partial charge >= 0.3 is 12.2 Å². The van der Waals surface area contributed by atoms with E-state index in [0.717, 1.165) is 10.9 Å². The number of amides is 3. The van der Waals surface area contributed by atoms with Crippen LogP contribution in [0.25, 0.3) is 11.5 Å². The van der Waals surface area contributed by atoms with Gasteiger partial charge in [0, 0.05) is 18.7 Å². The summed E-state index contributed by atoms with van der Waals surface area (Å²) in [7, 11) is 2.94. The lowest BCUT2D eigenvalue weighted by Crippen LogP contribution is -2.23. The van der Waals surface area contributed by atoms with Crippen molar-refractivity contribution in [3.8, 4) is 11.6 Å². The molecule has 0 radical (unpaired) electrons. The van der Waals surface area contributed by atoms with Crippen molar-refractivity contribution in [2.24, 2.45) is 0 Å². The number of halogens is 4. The number of ether oxygens (including phenoxy) is 2. The molecule has 4 aromatic heterocycles. The Labute approximate surface area is 252 Å². The lowest BCUT2D eigenvalue weighted by atomic mass is 10.2. The summed E-state index contributed by atoms with van der Waals surface area (Å²) < 4.78 is 55.0. The van der Waals surface area contributed by atoms with Gasteiger partial charge in [0.15, 0.2) is 16.6 Å². The highest BCUT2D eigenvalue weighted by molar-refractivity contribution is 6.29. The van der Waals surface area contributed by atoms with Crippen LogP contribution in [-0.4, -0.2) is 55.5 Å². The Kier molecular flexibility index (Phi) is 8.37. The van der Waals surface area contributed by atoms with Crippen molar-refractivity contribution >= 4 is 46.2 Å². The number of anilines is 3. The molecule has 0 spiro atoms. The number of carbonyl (C=O) groups is 2. The second-order valence-corrected chi connectivity index (χ2v) is 9.59. The van der Waals surface area contributed by atoms with Gasteiger partial charge in [0.05, 0.1) is 60.8 Å². The molecule has 13 nitrogen and oxygen atoms in total. The molecule has 1 atom stereocenters. The van der Waals surface area contributed by atoms with E-state index in [-0.39, 0.29) is 22.2 Å². The molecule has 0 saturated heterocycles. The summed E-state index contributed by atoms with van der Waals surface area (Å²) in [6.45, 7) is 1.71. The molecule has 3 amide bonds. The number of nitrogens with zero attached hydrogens (tertiary/aromatic N) is 6. The highest BCUT2D eigenvalue weighted by Crippen LogP contribution is 2.35. The fourth-order valence-corrected chi connectivity index (χ4v) is 4.35. The van der Waals surface area contributed by atoms with E-state index in [1.807, 2.05) is 0 Å². The first-order chi connectivity index (χ1) is 21.0. The lowest BCUT2D eigenvalue weighted by Gasteiger charge is -2.17. The first-order valence-corrected chi connectivity index (χ1v) is 13.1. The fourth-order valence-electron chi connectivity index (χ4n) is 4.17. The lowest BCUT2D eigenvalue weighted by molar-refractivity contribution is -0.137. The molecular formula is C27H23ClF3N9O4. The van der Waals surface area contributed by atoms with Gasteiger partial charge in [-0.05, 0) is 37.3 Å². The summed E-state index contributed by atoms with van der Waals surface area (Å²) in [4.78, 5) is 33.5. The van der Waals surface area contributed by atoms with Gasteiger partial charge in [-0.3, -0.25) is 4.79 Å². The zero-order chi connectivity index (χ0) is 31.6. The molecule has 0 bridgehead atoms. The van der Waals surface area contributed by atoms with Crippen molar-refractivity contribution in [1.82, 2.24) is 29.4 Å². The highest BCUT2D eigenvalue weighted by atomic mass is 35.5. The molecule has 4 heterocycles. The van der Waals surface area contributed by atoms with Crippen LogP contribution in [0.4, 0.5) is 35.0 Å². The molecule has 0 saturated carbocycles. The van der Waals surface area contributed by atoms with Gasteiger partial charge in [0.1, 0.15) is 11.3 Å². The van der Waals surface area contributed by atoms with E-state index >= 15 is 0 Å². The number of rotatable bonds is 8. The minimum absolute atomic E-state index is 0.132. The number of alkyl halides is 3. The molecule has 5 rings (SSSR count). The van der Waals surface area contributed by atoms with Gasteiger partial charge in [-0.25, -0.2) is 24.0 Å². The third-order valence-electron chi connectivity index (χ3n) is 6.32. The highest BCUT2D eigenvalue weighted by Gasteiger charge is 2.36. The number of nitrogens with one attached hydrogen (secondary N) is 3. The summed E-state index contributed by atoms with van der Waals surface area (Å²) in [6.07, 6.45) is -0.687. The molecule has 3 N–H and O–H groups in total. The third kappa shape index (κ3) is 6.40. The van der Waals surface area contributed by atoms with Gasteiger partial charge in [-0.15, -0.1) is 0 Å². The third-order valence-corrected chi connectivity index (χ3v) is 6.50. The van der Waals surface area contributed by atoms with E-state index in [1.165, 1.54) is 55.5 Å². The van der Waals surface area contributed by atoms with E-state index in [4.69, 9.17) is 21.1 Å². The van der Waals surface area contributed by atoms with Crippen molar-refractivity contribution in [3.63, 3.8) is 0 Å². The summed E-state index contributed by atoms with van der Waals surface area (Å²) in [5.41, 5.74) is -0.0213. The predicted octanol–water partition coefficient (Wildman–Crippen LogP) is 5.59. The molecule has 228 valence electrons. The van der Waals surface area contributed by atoms with Crippen molar-refractivity contribution in [2.45, 2.75) is 19.2 Å². The molecule has 1 aromatic carbocycles. The van der Waals surface area contributed by atoms with Gasteiger partial charge < -0.3 is 25.4 Å². The number of fused-ring (bicyclic) bond motifs is 1. The van der Waals surface area contributed by atoms with E-state index in [9.17, 15) is 22.8 Å². The fraction of sp³-hybridized carbons (Fsp3) is 0.185. The molecule has 5 aromatic rings. The molecule has 17 heteroatoms. The number of urea groups is 1. The summed E-state index contributed by atoms with van der Waals surface area (Å²) in [6, 6.07) is 7.61. The second kappa shape index (κ2) is 12.2. The topological polar surface area (TPSA) is 150 Å². The number of benzene rings is 1. The average Bonchev–Trinajstić information content (AvgIpc) is 3.61. The second-order valence-electron chi connectivity index (χ2n) is 9.20. The van der Waals surface area contributed by atoms with E-state index in [1.54, 1.807) is 19.1 Å². The van der Waals surface area contributed by atoms with Gasteiger partial charge in [0.25, 0.3) is 5.91 Å². The Morgan fingerprint density at radius 1 is 0.977 bits per heavy atom. The van der Waals surface area contributed by atoms with Crippen LogP contribution >= 0.6 is 11.6 Å². The Morgan fingerprint density at radius 3 is 2.41 bits per heavy atom. The maximum absolute atomic E-state index is 14.1. The van der Waals surface area contributed by atoms with Crippen molar-refractivity contribution < 1.29 is 32.2 Å². The van der Waals surface area contributed by atoms with Crippen LogP contribution in [0.3, 0.4) is 0 Å². The number of aromatic nitrogens is 6. The normalized spacial score (nSPS) is 12.2. The summed E-state index contributed by atoms with van der Waals surface area (Å²) in [5.74, 6) is -0.524. The first kappa shape index (κ1) is 30.2. The van der Waals surface area contributed by atoms with Gasteiger partial charge in [-0.1, -0.05) is 11.6 Å². The van der Waals surface area contributed by atoms with E-state index in [2.05, 4.69) is 36.1 Å². The monoisotopic (exact) mass is 629 g/mol. The number of hydrogen-bond acceptors (Lipinski definition) is 8. The van der Waals surface area contributed by atoms with Crippen LogP contribution in [0.15, 0.2) is 61.2 Å². The van der Waals surface area contributed by atoms with Crippen molar-refractivity contribution in [3.05, 3.63) is 83.2 Å². The molecule has 0 unspecified atom stereocenters. The Bertz CT molecular complexity index is 1840. The average molecular weight is 630 g/mol. The number of pyridine rings is 1. The first-order valence-electron chi connectivity index (χ1n) is 12.7. The Balaban J connectivity index is 1.35. The smallest absolute Gasteiger partial charge is 0.420 e. The summed E-state index contributed by atoms with van der Waals surface area (Å²) >= 11 is 6.00. The Morgan fingerprint density at radius 2 is 1.73 bits per heavy atom. The zero-order valence-electron chi connectivity index (χ0n) is 23.2.